The Balaban J connectivity index is 1.80. The van der Waals surface area contributed by atoms with Gasteiger partial charge in [-0.1, -0.05) is 29.8 Å². The minimum Gasteiger partial charge on any atom is -0.347 e. The summed E-state index contributed by atoms with van der Waals surface area (Å²) in [5.41, 5.74) is 2.58. The Hall–Kier alpha value is -2.84. The minimum absolute atomic E-state index is 0.131. The lowest BCUT2D eigenvalue weighted by Crippen LogP contribution is -2.14. The first-order chi connectivity index (χ1) is 12.2. The summed E-state index contributed by atoms with van der Waals surface area (Å²) in [7, 11) is 0. The fraction of sp³-hybridized carbons (Fsp3) is 0.211. The summed E-state index contributed by atoms with van der Waals surface area (Å²) < 4.78 is 2.11. The van der Waals surface area contributed by atoms with Crippen molar-refractivity contribution in [2.45, 2.75) is 25.8 Å². The zero-order valence-electron chi connectivity index (χ0n) is 13.6. The number of hydrogen-bond acceptors (Lipinski definition) is 3. The molecule has 1 N–H and O–H groups in total. The quantitative estimate of drug-likeness (QED) is 0.676. The van der Waals surface area contributed by atoms with E-state index in [1.54, 1.807) is 12.3 Å². The molecule has 0 atom stereocenters. The van der Waals surface area contributed by atoms with Gasteiger partial charge < -0.3 is 9.88 Å². The van der Waals surface area contributed by atoms with Crippen LogP contribution in [0.15, 0.2) is 48.9 Å². The molecule has 0 saturated carbocycles. The van der Waals surface area contributed by atoms with Crippen LogP contribution < -0.4 is 5.32 Å². The number of fused-ring (bicyclic) bond motifs is 1. The molecule has 1 amide bonds. The molecule has 3 rings (SSSR count). The van der Waals surface area contributed by atoms with Gasteiger partial charge in [-0.3, -0.25) is 9.78 Å². The van der Waals surface area contributed by atoms with E-state index in [0.29, 0.717) is 17.1 Å². The fourth-order valence-corrected chi connectivity index (χ4v) is 2.99. The van der Waals surface area contributed by atoms with Gasteiger partial charge in [-0.15, -0.1) is 0 Å². The summed E-state index contributed by atoms with van der Waals surface area (Å²) in [6.45, 7) is 0.756. The second kappa shape index (κ2) is 7.82. The van der Waals surface area contributed by atoms with Crippen molar-refractivity contribution in [3.63, 3.8) is 0 Å². The molecule has 5 nitrogen and oxygen atoms in total. The summed E-state index contributed by atoms with van der Waals surface area (Å²) in [5, 5.41) is 13.0. The lowest BCUT2D eigenvalue weighted by Gasteiger charge is -2.06. The Morgan fingerprint density at radius 1 is 1.32 bits per heavy atom. The highest BCUT2D eigenvalue weighted by atomic mass is 35.5. The van der Waals surface area contributed by atoms with Crippen LogP contribution in [0.25, 0.3) is 10.9 Å². The van der Waals surface area contributed by atoms with Gasteiger partial charge in [0, 0.05) is 42.5 Å². The summed E-state index contributed by atoms with van der Waals surface area (Å²) in [6.07, 6.45) is 6.64. The van der Waals surface area contributed by atoms with E-state index >= 15 is 0 Å². The fourth-order valence-electron chi connectivity index (χ4n) is 2.82. The number of anilines is 1. The van der Waals surface area contributed by atoms with Gasteiger partial charge in [-0.05, 0) is 24.1 Å². The van der Waals surface area contributed by atoms with Crippen LogP contribution in [0.1, 0.15) is 18.4 Å². The van der Waals surface area contributed by atoms with Crippen molar-refractivity contribution in [1.29, 1.82) is 5.26 Å². The molecule has 0 radical (unpaired) electrons. The maximum absolute atomic E-state index is 12.4. The van der Waals surface area contributed by atoms with Gasteiger partial charge in [0.05, 0.1) is 23.2 Å². The number of carbonyl (C=O) groups is 1. The molecule has 1 aromatic carbocycles. The van der Waals surface area contributed by atoms with Crippen LogP contribution in [0.2, 0.25) is 5.02 Å². The second-order valence-electron chi connectivity index (χ2n) is 5.71. The van der Waals surface area contributed by atoms with Crippen molar-refractivity contribution in [1.82, 2.24) is 9.55 Å². The second-order valence-corrected chi connectivity index (χ2v) is 6.11. The average Bonchev–Trinajstić information content (AvgIpc) is 2.95. The third-order valence-corrected chi connectivity index (χ3v) is 4.26. The SMILES string of the molecule is N#CCCCn1cc(CC(=O)Nc2ccncc2Cl)c2ccccc21. The Morgan fingerprint density at radius 3 is 2.96 bits per heavy atom. The van der Waals surface area contributed by atoms with Gasteiger partial charge in [-0.25, -0.2) is 0 Å². The predicted octanol–water partition coefficient (Wildman–Crippen LogP) is 4.17. The van der Waals surface area contributed by atoms with Crippen LogP contribution in [-0.4, -0.2) is 15.5 Å². The van der Waals surface area contributed by atoms with Crippen LogP contribution in [0.4, 0.5) is 5.69 Å². The molecule has 0 aliphatic rings. The summed E-state index contributed by atoms with van der Waals surface area (Å²) in [4.78, 5) is 16.3. The molecular weight excluding hydrogens is 336 g/mol. The summed E-state index contributed by atoms with van der Waals surface area (Å²) in [5.74, 6) is -0.131. The van der Waals surface area contributed by atoms with Gasteiger partial charge in [0.1, 0.15) is 0 Å². The number of nitriles is 1. The number of aryl methyl sites for hydroxylation is 1. The summed E-state index contributed by atoms with van der Waals surface area (Å²) >= 11 is 6.03. The molecular formula is C19H17ClN4O. The largest absolute Gasteiger partial charge is 0.347 e. The Kier molecular flexibility index (Phi) is 5.32. The number of para-hydroxylation sites is 1. The summed E-state index contributed by atoms with van der Waals surface area (Å²) in [6, 6.07) is 11.8. The first kappa shape index (κ1) is 17.0. The smallest absolute Gasteiger partial charge is 0.228 e. The normalized spacial score (nSPS) is 10.6. The molecule has 2 heterocycles. The number of amides is 1. The number of benzene rings is 1. The molecule has 0 unspecified atom stereocenters. The van der Waals surface area contributed by atoms with Crippen LogP contribution >= 0.6 is 11.6 Å². The maximum Gasteiger partial charge on any atom is 0.228 e. The van der Waals surface area contributed by atoms with Gasteiger partial charge in [0.25, 0.3) is 0 Å². The van der Waals surface area contributed by atoms with Gasteiger partial charge in [0.2, 0.25) is 5.91 Å². The number of unbranched alkanes of at least 4 members (excludes halogenated alkanes) is 1. The monoisotopic (exact) mass is 352 g/mol. The predicted molar refractivity (Wildman–Crippen MR) is 98.4 cm³/mol. The lowest BCUT2D eigenvalue weighted by atomic mass is 10.1. The molecule has 0 fully saturated rings. The number of pyridine rings is 1. The van der Waals surface area contributed by atoms with Crippen molar-refractivity contribution in [2.75, 3.05) is 5.32 Å². The lowest BCUT2D eigenvalue weighted by molar-refractivity contribution is -0.115. The molecule has 6 heteroatoms. The Bertz CT molecular complexity index is 942. The van der Waals surface area contributed by atoms with E-state index in [4.69, 9.17) is 16.9 Å². The van der Waals surface area contributed by atoms with E-state index in [-0.39, 0.29) is 12.3 Å². The van der Waals surface area contributed by atoms with Crippen molar-refractivity contribution >= 4 is 34.1 Å². The van der Waals surface area contributed by atoms with E-state index < -0.39 is 0 Å². The van der Waals surface area contributed by atoms with E-state index in [0.717, 1.165) is 29.4 Å². The Morgan fingerprint density at radius 2 is 2.16 bits per heavy atom. The standard InChI is InChI=1S/C19H17ClN4O/c20-16-12-22-9-7-17(16)23-19(25)11-14-13-24(10-4-3-8-21)18-6-2-1-5-15(14)18/h1-2,5-7,9,12-13H,3-4,10-11H2,(H,22,23,25). The van der Waals surface area contributed by atoms with E-state index in [1.807, 2.05) is 30.5 Å². The third kappa shape index (κ3) is 3.98. The van der Waals surface area contributed by atoms with Crippen molar-refractivity contribution in [2.24, 2.45) is 0 Å². The molecule has 0 spiro atoms. The molecule has 0 bridgehead atoms. The maximum atomic E-state index is 12.4. The van der Waals surface area contributed by atoms with Crippen molar-refractivity contribution < 1.29 is 4.79 Å². The first-order valence-corrected chi connectivity index (χ1v) is 8.40. The molecule has 0 aliphatic carbocycles. The van der Waals surface area contributed by atoms with Gasteiger partial charge in [-0.2, -0.15) is 5.26 Å². The topological polar surface area (TPSA) is 70.7 Å². The average molecular weight is 353 g/mol. The van der Waals surface area contributed by atoms with E-state index in [9.17, 15) is 4.79 Å². The van der Waals surface area contributed by atoms with Crippen molar-refractivity contribution in [3.05, 3.63) is 59.5 Å². The molecule has 2 aromatic heterocycles. The number of rotatable bonds is 6. The zero-order chi connectivity index (χ0) is 17.6. The van der Waals surface area contributed by atoms with Crippen molar-refractivity contribution in [3.8, 4) is 6.07 Å². The van der Waals surface area contributed by atoms with Crippen LogP contribution in [0, 0.1) is 11.3 Å². The van der Waals surface area contributed by atoms with Crippen LogP contribution in [0.5, 0.6) is 0 Å². The number of hydrogen-bond donors (Lipinski definition) is 1. The number of nitrogens with zero attached hydrogens (tertiary/aromatic N) is 3. The van der Waals surface area contributed by atoms with Gasteiger partial charge >= 0.3 is 0 Å². The first-order valence-electron chi connectivity index (χ1n) is 8.02. The molecule has 126 valence electrons. The third-order valence-electron chi connectivity index (χ3n) is 3.96. The number of nitrogens with one attached hydrogen (secondary N) is 1. The van der Waals surface area contributed by atoms with Gasteiger partial charge in [0.15, 0.2) is 0 Å². The molecule has 3 aromatic rings. The van der Waals surface area contributed by atoms with E-state index in [2.05, 4.69) is 20.9 Å². The highest BCUT2D eigenvalue weighted by Gasteiger charge is 2.13. The number of aromatic nitrogens is 2. The highest BCUT2D eigenvalue weighted by molar-refractivity contribution is 6.33. The molecule has 0 saturated heterocycles. The number of halogens is 1. The van der Waals surface area contributed by atoms with Crippen LogP contribution in [-0.2, 0) is 17.8 Å². The minimum atomic E-state index is -0.131. The van der Waals surface area contributed by atoms with E-state index in [1.165, 1.54) is 6.20 Å². The van der Waals surface area contributed by atoms with Crippen LogP contribution in [0.3, 0.4) is 0 Å². The zero-order valence-corrected chi connectivity index (χ0v) is 14.3. The molecule has 25 heavy (non-hydrogen) atoms. The highest BCUT2D eigenvalue weighted by Crippen LogP contribution is 2.24. The number of carbonyl (C=O) groups excluding carboxylic acids is 1. The molecule has 0 aliphatic heterocycles. The Labute approximate surface area is 150 Å².